The van der Waals surface area contributed by atoms with Gasteiger partial charge >= 0.3 is 272 Å². The van der Waals surface area contributed by atoms with Gasteiger partial charge in [0.25, 0.3) is 0 Å². The van der Waals surface area contributed by atoms with Crippen LogP contribution in [0.5, 0.6) is 0 Å². The van der Waals surface area contributed by atoms with E-state index in [9.17, 15) is 57.5 Å². The molecule has 102 heavy (non-hydrogen) atoms. The molecule has 3 saturated heterocycles. The van der Waals surface area contributed by atoms with Crippen molar-refractivity contribution < 1.29 is 250 Å². The van der Waals surface area contributed by atoms with E-state index in [1.807, 2.05) is 0 Å². The van der Waals surface area contributed by atoms with Crippen molar-refractivity contribution in [3.63, 3.8) is 0 Å². The number of ether oxygens (including phenoxy) is 24. The van der Waals surface area contributed by atoms with Gasteiger partial charge in [-0.05, 0) is 0 Å². The van der Waals surface area contributed by atoms with Crippen LogP contribution in [-0.4, -0.2) is 309 Å². The van der Waals surface area contributed by atoms with Crippen molar-refractivity contribution in [3.8, 4) is 0 Å². The van der Waals surface area contributed by atoms with Gasteiger partial charge in [-0.2, -0.15) is 0 Å². The van der Waals surface area contributed by atoms with Crippen LogP contribution >= 0.6 is 121 Å². The molecule has 54 heteroatoms. The molecule has 3 fully saturated rings. The van der Waals surface area contributed by atoms with Gasteiger partial charge in [-0.1, -0.05) is 0 Å². The van der Waals surface area contributed by atoms with E-state index in [1.54, 1.807) is 0 Å². The third-order valence-electron chi connectivity index (χ3n) is 8.76. The van der Waals surface area contributed by atoms with Crippen LogP contribution in [0.1, 0.15) is 0 Å². The fourth-order valence-corrected chi connectivity index (χ4v) is 4.96. The number of rotatable bonds is 0. The molecule has 0 bridgehead atoms. The second-order valence-electron chi connectivity index (χ2n) is 15.3. The first-order valence-electron chi connectivity index (χ1n) is 27.4. The van der Waals surface area contributed by atoms with E-state index in [4.69, 9.17) is 138 Å². The molecular weight excluding hydrogens is 1930 g/mol. The van der Waals surface area contributed by atoms with Crippen LogP contribution in [0.25, 0.3) is 0 Å². The van der Waals surface area contributed by atoms with Crippen LogP contribution in [0.4, 0.5) is 0 Å². The van der Waals surface area contributed by atoms with Crippen molar-refractivity contribution in [3.05, 3.63) is 0 Å². The van der Waals surface area contributed by atoms with E-state index in [0.717, 1.165) is 26.3 Å². The third kappa shape index (κ3) is 94.0. The molecule has 616 valence electrons. The number of carbonyl (C=O) groups is 12. The van der Waals surface area contributed by atoms with E-state index in [2.05, 4.69) is 97.2 Å². The first kappa shape index (κ1) is 113. The number of cyclic esters (lactones) is 12. The average Bonchev–Trinajstić information content (AvgIpc) is 1.17. The first-order chi connectivity index (χ1) is 49.3. The number of carbonyl (C=O) groups excluding carboxylic acids is 12. The van der Waals surface area contributed by atoms with E-state index >= 15 is 0 Å². The summed E-state index contributed by atoms with van der Waals surface area (Å²) in [6, 6.07) is 0. The molecule has 0 radical (unpaired) electrons. The topological polar surface area (TPSA) is 426 Å². The fraction of sp³-hybridized carbons (Fsp3) is 0.750. The maximum atomic E-state index is 11.4. The zero-order valence-electron chi connectivity index (χ0n) is 52.8. The van der Waals surface area contributed by atoms with Gasteiger partial charge in [0.05, 0.1) is 159 Å². The molecule has 0 atom stereocenters. The monoisotopic (exact) mass is 1990 g/mol. The summed E-state index contributed by atoms with van der Waals surface area (Å²) in [6.07, 6.45) is 0. The van der Waals surface area contributed by atoms with Crippen molar-refractivity contribution >= 4 is 193 Å². The van der Waals surface area contributed by atoms with Gasteiger partial charge in [0.15, 0.2) is 0 Å². The molecular formula is C48H72Cl12Cu2Fe2Mn2O36. The molecule has 0 aromatic carbocycles. The van der Waals surface area contributed by atoms with Gasteiger partial charge in [0, 0.05) is 0 Å². The van der Waals surface area contributed by atoms with Crippen molar-refractivity contribution in [2.45, 2.75) is 0 Å². The Kier molecular flexibility index (Phi) is 107. The zero-order chi connectivity index (χ0) is 77.6. The summed E-state index contributed by atoms with van der Waals surface area (Å²) in [6.45, 7) is 1.54. The molecule has 0 saturated carbocycles. The number of hydrogen-bond donors (Lipinski definition) is 0. The van der Waals surface area contributed by atoms with Crippen molar-refractivity contribution in [2.24, 2.45) is 0 Å². The molecule has 0 aromatic rings. The Morgan fingerprint density at radius 2 is 0.235 bits per heavy atom. The van der Waals surface area contributed by atoms with Crippen molar-refractivity contribution in [1.29, 1.82) is 0 Å². The zero-order valence-corrected chi connectivity index (χ0v) is 68.3. The second kappa shape index (κ2) is 96.8. The molecule has 0 unspecified atom stereocenters. The molecule has 0 aromatic heterocycles. The normalized spacial score (nSPS) is 18.9. The Hall–Kier alpha value is -0.243. The van der Waals surface area contributed by atoms with Crippen LogP contribution in [0.15, 0.2) is 0 Å². The average molecular weight is 2000 g/mol. The van der Waals surface area contributed by atoms with Gasteiger partial charge in [-0.15, -0.1) is 0 Å². The molecule has 0 aliphatic carbocycles. The van der Waals surface area contributed by atoms with Crippen LogP contribution in [0.3, 0.4) is 0 Å². The Bertz CT molecular complexity index is 1600. The predicted octanol–water partition coefficient (Wildman–Crippen LogP) is 2.98. The summed E-state index contributed by atoms with van der Waals surface area (Å²) < 4.78 is 118. The van der Waals surface area contributed by atoms with Gasteiger partial charge in [-0.3, -0.25) is 0 Å². The number of esters is 12. The van der Waals surface area contributed by atoms with E-state index in [1.165, 1.54) is 0 Å². The first-order valence-corrected chi connectivity index (χ1v) is 45.1. The Morgan fingerprint density at radius 3 is 0.294 bits per heavy atom. The maximum absolute atomic E-state index is 11.4. The standard InChI is InChI=1S/3C16H24O12.12ClH.2Cu.2Fe.2Mn/c3*17-13-14(18)27-11-7-23-3-4-24-8-12-28-16(20)15(19)26-10-6-22-2-1-21-5-9-25-13;;;;;;;;;;;;;;;;;;/h3*1-12H2;12*1H;;;;;;/q;;;;;;;;;;;;;;;6*+2/p-12. The van der Waals surface area contributed by atoms with Gasteiger partial charge in [0.2, 0.25) is 0 Å². The molecule has 36 nitrogen and oxygen atoms in total. The number of hydrogen-bond acceptors (Lipinski definition) is 36. The molecule has 0 spiro atoms. The summed E-state index contributed by atoms with van der Waals surface area (Å²) in [5.74, 6) is -13.4. The molecule has 3 aliphatic heterocycles. The summed E-state index contributed by atoms with van der Waals surface area (Å²) >= 11 is 1.92. The van der Waals surface area contributed by atoms with Gasteiger partial charge in [-0.25, -0.2) is 57.5 Å². The van der Waals surface area contributed by atoms with Gasteiger partial charge in [0.1, 0.15) is 79.3 Å². The molecule has 0 N–H and O–H groups in total. The van der Waals surface area contributed by atoms with Crippen molar-refractivity contribution in [1.82, 2.24) is 0 Å². The summed E-state index contributed by atoms with van der Waals surface area (Å²) in [7, 11) is 56.9. The molecule has 3 heterocycles. The molecule has 3 rings (SSSR count). The summed E-state index contributed by atoms with van der Waals surface area (Å²) in [4.78, 5) is 136. The van der Waals surface area contributed by atoms with Crippen molar-refractivity contribution in [2.75, 3.05) is 238 Å². The van der Waals surface area contributed by atoms with Crippen LogP contribution in [-0.2, 0) is 250 Å². The minimum absolute atomic E-state index is 0.00694. The van der Waals surface area contributed by atoms with Gasteiger partial charge < -0.3 is 114 Å². The summed E-state index contributed by atoms with van der Waals surface area (Å²) in [5.41, 5.74) is 0. The minimum atomic E-state index is -1.12. The summed E-state index contributed by atoms with van der Waals surface area (Å²) in [5, 5.41) is 0. The SMILES string of the molecule is O=C1OCCOCCOCCOC(=O)C(=O)OCCOCCOCCOC1=O.O=C1OCCOCCOCCOC(=O)C(=O)OCCOCCOCCOC1=O.O=C1OCCOCCOCCOC(=O)C(=O)OCCOCCOCCOC1=O.[Cl][Cu][Cl].[Cl][Cu][Cl].[Cl][Fe][Cl].[Cl][Fe][Cl].[Cl][Mn][Cl].[Cl][Mn][Cl]. The number of halogens is 12. The Labute approximate surface area is 674 Å². The molecule has 3 aliphatic rings. The second-order valence-corrected chi connectivity index (χ2v) is 25.9. The van der Waals surface area contributed by atoms with E-state index < -0.39 is 71.6 Å². The quantitative estimate of drug-likeness (QED) is 0.146. The predicted molar refractivity (Wildman–Crippen MR) is 332 cm³/mol. The Balaban J connectivity index is -0.000000302. The third-order valence-corrected chi connectivity index (χ3v) is 8.76. The van der Waals surface area contributed by atoms with E-state index in [-0.39, 0.29) is 290 Å². The fourth-order valence-electron chi connectivity index (χ4n) is 4.96. The van der Waals surface area contributed by atoms with Crippen LogP contribution in [0, 0.1) is 0 Å². The van der Waals surface area contributed by atoms with Crippen LogP contribution < -0.4 is 0 Å². The van der Waals surface area contributed by atoms with Crippen LogP contribution in [0.2, 0.25) is 0 Å². The van der Waals surface area contributed by atoms with E-state index in [0.29, 0.717) is 0 Å². The molecule has 0 amide bonds. The Morgan fingerprint density at radius 1 is 0.186 bits per heavy atom.